The summed E-state index contributed by atoms with van der Waals surface area (Å²) in [5, 5.41) is 1.04. The van der Waals surface area contributed by atoms with Crippen molar-refractivity contribution in [1.29, 1.82) is 0 Å². The third kappa shape index (κ3) is 3.02. The van der Waals surface area contributed by atoms with Crippen molar-refractivity contribution in [3.8, 4) is 0 Å². The van der Waals surface area contributed by atoms with Gasteiger partial charge in [-0.2, -0.15) is 4.99 Å². The molecule has 1 amide bonds. The predicted molar refractivity (Wildman–Crippen MR) is 90.5 cm³/mol. The van der Waals surface area contributed by atoms with Crippen molar-refractivity contribution in [2.75, 3.05) is 16.4 Å². The highest BCUT2D eigenvalue weighted by molar-refractivity contribution is 8.16. The van der Waals surface area contributed by atoms with Crippen LogP contribution in [-0.2, 0) is 14.6 Å². The molecular formula is C14H15ClN2O3S2. The molecule has 2 aliphatic rings. The van der Waals surface area contributed by atoms with E-state index in [1.807, 2.05) is 11.0 Å². The van der Waals surface area contributed by atoms with Crippen LogP contribution >= 0.6 is 23.4 Å². The summed E-state index contributed by atoms with van der Waals surface area (Å²) in [4.78, 5) is 17.7. The molecule has 2 saturated heterocycles. The molecule has 1 aromatic rings. The van der Waals surface area contributed by atoms with Gasteiger partial charge in [-0.25, -0.2) is 8.42 Å². The number of amides is 1. The summed E-state index contributed by atoms with van der Waals surface area (Å²) >= 11 is 7.41. The number of nitrogens with zero attached hydrogens (tertiary/aromatic N) is 2. The Morgan fingerprint density at radius 2 is 2.23 bits per heavy atom. The molecule has 22 heavy (non-hydrogen) atoms. The second-order valence-electron chi connectivity index (χ2n) is 5.29. The van der Waals surface area contributed by atoms with E-state index in [1.54, 1.807) is 25.1 Å². The van der Waals surface area contributed by atoms with Gasteiger partial charge in [0.1, 0.15) is 0 Å². The lowest BCUT2D eigenvalue weighted by molar-refractivity contribution is -0.117. The molecule has 0 saturated carbocycles. The maximum atomic E-state index is 11.9. The lowest BCUT2D eigenvalue weighted by Crippen LogP contribution is -2.37. The van der Waals surface area contributed by atoms with Crippen molar-refractivity contribution in [3.05, 3.63) is 29.3 Å². The maximum absolute atomic E-state index is 11.9. The molecule has 0 spiro atoms. The van der Waals surface area contributed by atoms with Gasteiger partial charge < -0.3 is 4.90 Å². The topological polar surface area (TPSA) is 66.8 Å². The third-order valence-electron chi connectivity index (χ3n) is 3.68. The quantitative estimate of drug-likeness (QED) is 0.811. The molecule has 0 N–H and O–H groups in total. The number of sulfone groups is 1. The van der Waals surface area contributed by atoms with Crippen LogP contribution in [0, 0.1) is 0 Å². The number of amidine groups is 1. The van der Waals surface area contributed by atoms with Crippen LogP contribution in [0.15, 0.2) is 29.3 Å². The second kappa shape index (κ2) is 5.86. The molecule has 2 atom stereocenters. The first kappa shape index (κ1) is 15.8. The van der Waals surface area contributed by atoms with Gasteiger partial charge in [-0.3, -0.25) is 4.79 Å². The zero-order valence-corrected chi connectivity index (χ0v) is 14.3. The van der Waals surface area contributed by atoms with Gasteiger partial charge in [0.15, 0.2) is 15.0 Å². The van der Waals surface area contributed by atoms with Gasteiger partial charge in [-0.05, 0) is 18.2 Å². The highest BCUT2D eigenvalue weighted by Gasteiger charge is 2.49. The lowest BCUT2D eigenvalue weighted by atomic mass is 10.2. The highest BCUT2D eigenvalue weighted by Crippen LogP contribution is 2.41. The van der Waals surface area contributed by atoms with Crippen molar-refractivity contribution in [2.45, 2.75) is 24.6 Å². The summed E-state index contributed by atoms with van der Waals surface area (Å²) < 4.78 is 23.8. The second-order valence-corrected chi connectivity index (χ2v) is 9.09. The Morgan fingerprint density at radius 1 is 1.45 bits per heavy atom. The van der Waals surface area contributed by atoms with Gasteiger partial charge in [0.05, 0.1) is 17.5 Å². The monoisotopic (exact) mass is 358 g/mol. The van der Waals surface area contributed by atoms with Gasteiger partial charge in [0, 0.05) is 22.4 Å². The molecule has 0 radical (unpaired) electrons. The fraction of sp³-hybridized carbons (Fsp3) is 0.429. The first-order valence-corrected chi connectivity index (χ1v) is 10.0. The van der Waals surface area contributed by atoms with Gasteiger partial charge in [-0.1, -0.05) is 36.4 Å². The SMILES string of the molecule is CCC(=O)N=C1SC2CS(=O)(=O)CC2N1c1cccc(Cl)c1. The van der Waals surface area contributed by atoms with Gasteiger partial charge in [-0.15, -0.1) is 0 Å². The number of thioether (sulfide) groups is 1. The van der Waals surface area contributed by atoms with Crippen LogP contribution < -0.4 is 4.90 Å². The number of aliphatic imine (C=N–C) groups is 1. The number of hydrogen-bond donors (Lipinski definition) is 0. The van der Waals surface area contributed by atoms with E-state index in [0.29, 0.717) is 16.6 Å². The fourth-order valence-electron chi connectivity index (χ4n) is 2.68. The Bertz CT molecular complexity index is 748. The number of rotatable bonds is 2. The average Bonchev–Trinajstić information content (AvgIpc) is 2.89. The average molecular weight is 359 g/mol. The molecule has 2 aliphatic heterocycles. The minimum Gasteiger partial charge on any atom is -0.316 e. The number of benzene rings is 1. The van der Waals surface area contributed by atoms with Crippen LogP contribution in [0.4, 0.5) is 5.69 Å². The van der Waals surface area contributed by atoms with Crippen LogP contribution in [0.1, 0.15) is 13.3 Å². The summed E-state index contributed by atoms with van der Waals surface area (Å²) in [6, 6.07) is 6.98. The summed E-state index contributed by atoms with van der Waals surface area (Å²) in [6.07, 6.45) is 0.321. The van der Waals surface area contributed by atoms with E-state index in [2.05, 4.69) is 4.99 Å². The van der Waals surface area contributed by atoms with Crippen molar-refractivity contribution < 1.29 is 13.2 Å². The normalized spacial score (nSPS) is 28.1. The zero-order valence-electron chi connectivity index (χ0n) is 11.9. The largest absolute Gasteiger partial charge is 0.316 e. The number of fused-ring (bicyclic) bond motifs is 1. The minimum atomic E-state index is -3.05. The molecule has 2 unspecified atom stereocenters. The van der Waals surface area contributed by atoms with E-state index >= 15 is 0 Å². The fourth-order valence-corrected chi connectivity index (χ4v) is 6.79. The van der Waals surface area contributed by atoms with Crippen molar-refractivity contribution in [2.24, 2.45) is 4.99 Å². The Balaban J connectivity index is 2.03. The Kier molecular flexibility index (Phi) is 4.22. The maximum Gasteiger partial charge on any atom is 0.247 e. The molecule has 118 valence electrons. The van der Waals surface area contributed by atoms with Crippen molar-refractivity contribution in [3.63, 3.8) is 0 Å². The van der Waals surface area contributed by atoms with E-state index in [1.165, 1.54) is 11.8 Å². The minimum absolute atomic E-state index is 0.0799. The van der Waals surface area contributed by atoms with Crippen molar-refractivity contribution in [1.82, 2.24) is 0 Å². The zero-order chi connectivity index (χ0) is 15.9. The van der Waals surface area contributed by atoms with Crippen LogP contribution in [0.2, 0.25) is 5.02 Å². The lowest BCUT2D eigenvalue weighted by Gasteiger charge is -2.24. The number of anilines is 1. The van der Waals surface area contributed by atoms with Crippen LogP contribution in [-0.4, -0.2) is 42.3 Å². The summed E-state index contributed by atoms with van der Waals surface area (Å²) in [7, 11) is -3.05. The first-order chi connectivity index (χ1) is 10.4. The van der Waals surface area contributed by atoms with E-state index < -0.39 is 9.84 Å². The van der Waals surface area contributed by atoms with Gasteiger partial charge in [0.25, 0.3) is 0 Å². The molecule has 5 nitrogen and oxygen atoms in total. The summed E-state index contributed by atoms with van der Waals surface area (Å²) in [6.45, 7) is 1.75. The highest BCUT2D eigenvalue weighted by atomic mass is 35.5. The van der Waals surface area contributed by atoms with Crippen LogP contribution in [0.3, 0.4) is 0 Å². The molecule has 0 bridgehead atoms. The molecule has 2 fully saturated rings. The van der Waals surface area contributed by atoms with E-state index in [9.17, 15) is 13.2 Å². The smallest absolute Gasteiger partial charge is 0.247 e. The van der Waals surface area contributed by atoms with Gasteiger partial charge >= 0.3 is 0 Å². The van der Waals surface area contributed by atoms with Gasteiger partial charge in [0.2, 0.25) is 5.91 Å². The van der Waals surface area contributed by atoms with Crippen LogP contribution in [0.25, 0.3) is 0 Å². The van der Waals surface area contributed by atoms with E-state index in [0.717, 1.165) is 5.69 Å². The molecule has 0 aliphatic carbocycles. The summed E-state index contributed by atoms with van der Waals surface area (Å²) in [5.41, 5.74) is 0.771. The molecule has 3 rings (SSSR count). The number of hydrogen-bond acceptors (Lipinski definition) is 4. The summed E-state index contributed by atoms with van der Waals surface area (Å²) in [5.74, 6) is -0.00716. The standard InChI is InChI=1S/C14H15ClN2O3S2/c1-2-13(18)16-14-17(10-5-3-4-9(15)6-10)11-7-22(19,20)8-12(11)21-14/h3-6,11-12H,2,7-8H2,1H3. The first-order valence-electron chi connectivity index (χ1n) is 6.93. The Morgan fingerprint density at radius 3 is 2.91 bits per heavy atom. The molecule has 8 heteroatoms. The van der Waals surface area contributed by atoms with E-state index in [-0.39, 0.29) is 28.7 Å². The number of carbonyl (C=O) groups is 1. The van der Waals surface area contributed by atoms with E-state index in [4.69, 9.17) is 11.6 Å². The third-order valence-corrected chi connectivity index (χ3v) is 7.12. The molecule has 1 aromatic carbocycles. The van der Waals surface area contributed by atoms with Crippen molar-refractivity contribution >= 4 is 50.0 Å². The Hall–Kier alpha value is -1.05. The number of carbonyl (C=O) groups excluding carboxylic acids is 1. The molecular weight excluding hydrogens is 344 g/mol. The predicted octanol–water partition coefficient (Wildman–Crippen LogP) is 2.35. The Labute approximate surface area is 138 Å². The molecule has 0 aromatic heterocycles. The number of halogens is 1. The van der Waals surface area contributed by atoms with Crippen LogP contribution in [0.5, 0.6) is 0 Å². The molecule has 2 heterocycles.